The van der Waals surface area contributed by atoms with E-state index in [1.165, 1.54) is 6.04 Å². The number of benzene rings is 1. The molecule has 2 aromatic rings. The summed E-state index contributed by atoms with van der Waals surface area (Å²) in [5, 5.41) is 0. The smallest absolute Gasteiger partial charge is 0.187 e. The number of rotatable bonds is 7. The molecule has 5 heteroatoms. The first-order valence-corrected chi connectivity index (χ1v) is 11.1. The van der Waals surface area contributed by atoms with Gasteiger partial charge in [0.1, 0.15) is 12.4 Å². The Hall–Kier alpha value is -0.913. The first-order valence-electron chi connectivity index (χ1n) is 7.06. The third-order valence-electron chi connectivity index (χ3n) is 3.05. The van der Waals surface area contributed by atoms with Crippen molar-refractivity contribution in [3.05, 3.63) is 23.7 Å². The zero-order valence-corrected chi connectivity index (χ0v) is 14.5. The average Bonchev–Trinajstić information content (AvgIpc) is 2.80. The van der Waals surface area contributed by atoms with Gasteiger partial charge in [0, 0.05) is 0 Å². The molecule has 0 aliphatic heterocycles. The Bertz CT molecular complexity index is 554. The van der Waals surface area contributed by atoms with Gasteiger partial charge in [-0.3, -0.25) is 0 Å². The van der Waals surface area contributed by atoms with Gasteiger partial charge in [0.2, 0.25) is 0 Å². The summed E-state index contributed by atoms with van der Waals surface area (Å²) < 4.78 is 13.0. The van der Waals surface area contributed by atoms with Gasteiger partial charge in [0.05, 0.1) is 22.3 Å². The van der Waals surface area contributed by atoms with Crippen LogP contribution in [0.25, 0.3) is 10.2 Å². The van der Waals surface area contributed by atoms with E-state index >= 15 is 0 Å². The van der Waals surface area contributed by atoms with Crippen LogP contribution < -0.4 is 4.74 Å². The summed E-state index contributed by atoms with van der Waals surface area (Å²) in [6.45, 7) is 10.3. The molecule has 0 radical (unpaired) electrons. The van der Waals surface area contributed by atoms with Crippen LogP contribution >= 0.6 is 11.3 Å². The van der Waals surface area contributed by atoms with Gasteiger partial charge < -0.3 is 9.16 Å². The van der Waals surface area contributed by atoms with Crippen molar-refractivity contribution in [2.45, 2.75) is 33.0 Å². The maximum atomic E-state index is 6.04. The molecule has 1 aromatic heterocycles. The molecule has 0 saturated carbocycles. The summed E-state index contributed by atoms with van der Waals surface area (Å²) in [6.07, 6.45) is 0. The van der Waals surface area contributed by atoms with Crippen molar-refractivity contribution >= 4 is 29.9 Å². The zero-order chi connectivity index (χ0) is 14.6. The van der Waals surface area contributed by atoms with Crippen LogP contribution in [0.5, 0.6) is 5.75 Å². The molecule has 0 fully saturated rings. The standard InChI is InChI=1S/C15H23NO2SSi/c1-12(2)10-20(3,4)18-8-7-17-13-5-6-14-15(9-13)19-11-16-14/h5-6,9,11-12H,7-8,10H2,1-4H3. The highest BCUT2D eigenvalue weighted by Crippen LogP contribution is 2.23. The number of nitrogens with zero attached hydrogens (tertiary/aromatic N) is 1. The van der Waals surface area contributed by atoms with Crippen molar-refractivity contribution in [3.8, 4) is 5.75 Å². The number of thiazole rings is 1. The minimum Gasteiger partial charge on any atom is -0.491 e. The lowest BCUT2D eigenvalue weighted by molar-refractivity contribution is 0.209. The van der Waals surface area contributed by atoms with Crippen molar-refractivity contribution in [2.24, 2.45) is 5.92 Å². The van der Waals surface area contributed by atoms with Crippen LogP contribution in [0.1, 0.15) is 13.8 Å². The first-order chi connectivity index (χ1) is 9.46. The lowest BCUT2D eigenvalue weighted by Gasteiger charge is -2.24. The summed E-state index contributed by atoms with van der Waals surface area (Å²) in [5.74, 6) is 1.60. The normalized spacial score (nSPS) is 12.2. The summed E-state index contributed by atoms with van der Waals surface area (Å²) in [5.41, 5.74) is 2.89. The van der Waals surface area contributed by atoms with Crippen molar-refractivity contribution < 1.29 is 9.16 Å². The molecule has 2 rings (SSSR count). The monoisotopic (exact) mass is 309 g/mol. The number of hydrogen-bond donors (Lipinski definition) is 0. The van der Waals surface area contributed by atoms with Crippen LogP contribution in [-0.4, -0.2) is 26.5 Å². The second kappa shape index (κ2) is 6.69. The molecule has 0 amide bonds. The molecule has 1 aromatic carbocycles. The third-order valence-corrected chi connectivity index (χ3v) is 6.62. The molecular weight excluding hydrogens is 286 g/mol. The van der Waals surface area contributed by atoms with E-state index in [4.69, 9.17) is 9.16 Å². The van der Waals surface area contributed by atoms with Crippen molar-refractivity contribution in [1.29, 1.82) is 0 Å². The van der Waals surface area contributed by atoms with Gasteiger partial charge in [-0.2, -0.15) is 0 Å². The van der Waals surface area contributed by atoms with Crippen molar-refractivity contribution in [2.75, 3.05) is 13.2 Å². The Morgan fingerprint density at radius 3 is 2.80 bits per heavy atom. The van der Waals surface area contributed by atoms with E-state index in [0.717, 1.165) is 16.0 Å². The fraction of sp³-hybridized carbons (Fsp3) is 0.533. The van der Waals surface area contributed by atoms with Gasteiger partial charge in [-0.05, 0) is 43.3 Å². The van der Waals surface area contributed by atoms with Crippen molar-refractivity contribution in [1.82, 2.24) is 4.98 Å². The maximum absolute atomic E-state index is 6.04. The topological polar surface area (TPSA) is 31.4 Å². The number of hydrogen-bond acceptors (Lipinski definition) is 4. The Labute approximate surface area is 126 Å². The van der Waals surface area contributed by atoms with Gasteiger partial charge in [-0.15, -0.1) is 11.3 Å². The summed E-state index contributed by atoms with van der Waals surface area (Å²) in [6, 6.07) is 7.21. The summed E-state index contributed by atoms with van der Waals surface area (Å²) >= 11 is 1.64. The average molecular weight is 310 g/mol. The second-order valence-electron chi connectivity index (χ2n) is 6.04. The number of ether oxygens (including phenoxy) is 1. The molecule has 110 valence electrons. The van der Waals surface area contributed by atoms with Gasteiger partial charge in [0.25, 0.3) is 0 Å². The molecule has 0 unspecified atom stereocenters. The molecule has 3 nitrogen and oxygen atoms in total. The number of fused-ring (bicyclic) bond motifs is 1. The lowest BCUT2D eigenvalue weighted by atomic mass is 10.3. The molecule has 0 spiro atoms. The zero-order valence-electron chi connectivity index (χ0n) is 12.7. The molecule has 0 bridgehead atoms. The van der Waals surface area contributed by atoms with E-state index in [2.05, 4.69) is 31.9 Å². The molecule has 0 saturated heterocycles. The third kappa shape index (κ3) is 4.58. The molecular formula is C15H23NO2SSi. The minimum atomic E-state index is -1.53. The molecule has 0 aliphatic carbocycles. The molecule has 0 atom stereocenters. The lowest BCUT2D eigenvalue weighted by Crippen LogP contribution is -2.33. The highest BCUT2D eigenvalue weighted by atomic mass is 32.1. The second-order valence-corrected chi connectivity index (χ2v) is 11.1. The van der Waals surface area contributed by atoms with E-state index in [1.54, 1.807) is 11.3 Å². The predicted molar refractivity (Wildman–Crippen MR) is 88.2 cm³/mol. The van der Waals surface area contributed by atoms with Crippen molar-refractivity contribution in [3.63, 3.8) is 0 Å². The maximum Gasteiger partial charge on any atom is 0.187 e. The van der Waals surface area contributed by atoms with Crippen LogP contribution in [0.4, 0.5) is 0 Å². The fourth-order valence-electron chi connectivity index (χ4n) is 2.44. The predicted octanol–water partition coefficient (Wildman–Crippen LogP) is 4.55. The highest BCUT2D eigenvalue weighted by molar-refractivity contribution is 7.16. The molecule has 0 aliphatic rings. The Kier molecular flexibility index (Phi) is 5.18. The van der Waals surface area contributed by atoms with Gasteiger partial charge in [0.15, 0.2) is 8.32 Å². The van der Waals surface area contributed by atoms with Crippen LogP contribution in [-0.2, 0) is 4.43 Å². The molecule has 0 N–H and O–H groups in total. The summed E-state index contributed by atoms with van der Waals surface area (Å²) in [7, 11) is -1.53. The molecule has 20 heavy (non-hydrogen) atoms. The largest absolute Gasteiger partial charge is 0.491 e. The quantitative estimate of drug-likeness (QED) is 0.555. The van der Waals surface area contributed by atoms with Crippen LogP contribution in [0.3, 0.4) is 0 Å². The Balaban J connectivity index is 1.78. The van der Waals surface area contributed by atoms with Gasteiger partial charge in [-0.25, -0.2) is 4.98 Å². The Morgan fingerprint density at radius 2 is 2.05 bits per heavy atom. The first kappa shape index (κ1) is 15.5. The van der Waals surface area contributed by atoms with Gasteiger partial charge in [-0.1, -0.05) is 13.8 Å². The summed E-state index contributed by atoms with van der Waals surface area (Å²) in [4.78, 5) is 4.26. The van der Waals surface area contributed by atoms with E-state index in [-0.39, 0.29) is 0 Å². The SMILES string of the molecule is CC(C)C[Si](C)(C)OCCOc1ccc2ncsc2c1. The minimum absolute atomic E-state index is 0.610. The Morgan fingerprint density at radius 1 is 1.25 bits per heavy atom. The fourth-order valence-corrected chi connectivity index (χ4v) is 5.87. The van der Waals surface area contributed by atoms with E-state index in [9.17, 15) is 0 Å². The van der Waals surface area contributed by atoms with E-state index in [1.807, 2.05) is 23.7 Å². The van der Waals surface area contributed by atoms with Crippen LogP contribution in [0.2, 0.25) is 19.1 Å². The molecule has 1 heterocycles. The highest BCUT2D eigenvalue weighted by Gasteiger charge is 2.23. The van der Waals surface area contributed by atoms with Gasteiger partial charge >= 0.3 is 0 Å². The number of aromatic nitrogens is 1. The van der Waals surface area contributed by atoms with E-state index < -0.39 is 8.32 Å². The van der Waals surface area contributed by atoms with E-state index in [0.29, 0.717) is 19.1 Å². The van der Waals surface area contributed by atoms with Crippen LogP contribution in [0, 0.1) is 5.92 Å². The van der Waals surface area contributed by atoms with Crippen LogP contribution in [0.15, 0.2) is 23.7 Å².